The molecule has 1 saturated heterocycles. The molecule has 178 valence electrons. The molecular formula is C27H31N3O4. The van der Waals surface area contributed by atoms with Crippen molar-refractivity contribution >= 4 is 28.7 Å². The largest absolute Gasteiger partial charge is 0.458 e. The van der Waals surface area contributed by atoms with Gasteiger partial charge in [0, 0.05) is 30.7 Å². The van der Waals surface area contributed by atoms with E-state index in [1.165, 1.54) is 16.8 Å². The number of ether oxygens (including phenoxy) is 1. The molecule has 2 heterocycles. The highest BCUT2D eigenvalue weighted by Gasteiger charge is 2.63. The highest BCUT2D eigenvalue weighted by atomic mass is 16.6. The Bertz CT molecular complexity index is 1260. The van der Waals surface area contributed by atoms with Crippen LogP contribution in [0.1, 0.15) is 43.5 Å². The zero-order chi connectivity index (χ0) is 24.8. The Morgan fingerprint density at radius 3 is 2.29 bits per heavy atom. The number of para-hydroxylation sites is 1. The summed E-state index contributed by atoms with van der Waals surface area (Å²) >= 11 is 0. The standard InChI is InChI=1S/C27H31N3O4/c1-17-22(19-14-10-11-15-20(19)28-17)23(18-12-8-7-9-13-18)27(25(33)34-26(2,3)4)24(32)29(5)16-21(31)30(27)6/h7-15,23,28H,16H2,1-6H3. The van der Waals surface area contributed by atoms with Crippen molar-refractivity contribution in [3.05, 3.63) is 71.4 Å². The predicted octanol–water partition coefficient (Wildman–Crippen LogP) is 3.62. The van der Waals surface area contributed by atoms with E-state index in [0.29, 0.717) is 0 Å². The molecule has 1 aliphatic heterocycles. The summed E-state index contributed by atoms with van der Waals surface area (Å²) < 4.78 is 5.88. The van der Waals surface area contributed by atoms with Crippen molar-refractivity contribution in [3.63, 3.8) is 0 Å². The lowest BCUT2D eigenvalue weighted by Gasteiger charge is -2.49. The molecule has 3 aromatic rings. The first-order valence-electron chi connectivity index (χ1n) is 11.4. The number of benzene rings is 2. The van der Waals surface area contributed by atoms with E-state index in [0.717, 1.165) is 27.7 Å². The lowest BCUT2D eigenvalue weighted by atomic mass is 9.71. The van der Waals surface area contributed by atoms with Crippen LogP contribution >= 0.6 is 0 Å². The Hall–Kier alpha value is -3.61. The van der Waals surface area contributed by atoms with Crippen molar-refractivity contribution in [2.45, 2.75) is 44.8 Å². The van der Waals surface area contributed by atoms with Crippen LogP contribution in [-0.4, -0.2) is 64.3 Å². The summed E-state index contributed by atoms with van der Waals surface area (Å²) in [7, 11) is 3.08. The van der Waals surface area contributed by atoms with Gasteiger partial charge in [-0.3, -0.25) is 9.59 Å². The van der Waals surface area contributed by atoms with Crippen LogP contribution in [0.25, 0.3) is 10.9 Å². The highest BCUT2D eigenvalue weighted by Crippen LogP contribution is 2.46. The highest BCUT2D eigenvalue weighted by molar-refractivity contribution is 6.15. The summed E-state index contributed by atoms with van der Waals surface area (Å²) in [6.07, 6.45) is 0. The van der Waals surface area contributed by atoms with Gasteiger partial charge in [0.25, 0.3) is 5.91 Å². The number of piperazine rings is 1. The molecule has 0 radical (unpaired) electrons. The number of carbonyl (C=O) groups excluding carboxylic acids is 3. The average Bonchev–Trinajstić information content (AvgIpc) is 3.10. The van der Waals surface area contributed by atoms with Crippen LogP contribution in [-0.2, 0) is 19.1 Å². The molecule has 2 amide bonds. The van der Waals surface area contributed by atoms with E-state index in [-0.39, 0.29) is 12.5 Å². The molecule has 1 aliphatic rings. The quantitative estimate of drug-likeness (QED) is 0.475. The maximum Gasteiger partial charge on any atom is 0.343 e. The Morgan fingerprint density at radius 2 is 1.65 bits per heavy atom. The number of aromatic amines is 1. The molecule has 1 N–H and O–H groups in total. The SMILES string of the molecule is Cc1[nH]c2ccccc2c1C(c1ccccc1)C1(C(=O)OC(C)(C)C)C(=O)N(C)CC(=O)N1C. The number of nitrogens with zero attached hydrogens (tertiary/aromatic N) is 2. The maximum atomic E-state index is 14.1. The number of rotatable bonds is 4. The summed E-state index contributed by atoms with van der Waals surface area (Å²) in [6.45, 7) is 7.09. The van der Waals surface area contributed by atoms with Gasteiger partial charge in [0.15, 0.2) is 0 Å². The molecule has 2 atom stereocenters. The van der Waals surface area contributed by atoms with Gasteiger partial charge in [-0.25, -0.2) is 4.79 Å². The van der Waals surface area contributed by atoms with Crippen molar-refractivity contribution < 1.29 is 19.1 Å². The lowest BCUT2D eigenvalue weighted by Crippen LogP contribution is -2.73. The molecule has 0 bridgehead atoms. The molecule has 0 saturated carbocycles. The zero-order valence-corrected chi connectivity index (χ0v) is 20.5. The van der Waals surface area contributed by atoms with Gasteiger partial charge in [-0.15, -0.1) is 0 Å². The topological polar surface area (TPSA) is 82.7 Å². The van der Waals surface area contributed by atoms with Crippen molar-refractivity contribution in [3.8, 4) is 0 Å². The lowest BCUT2D eigenvalue weighted by molar-refractivity contribution is -0.185. The second kappa shape index (κ2) is 8.31. The number of esters is 1. The molecule has 4 rings (SSSR count). The van der Waals surface area contributed by atoms with Crippen molar-refractivity contribution in [1.29, 1.82) is 0 Å². The van der Waals surface area contributed by atoms with E-state index in [4.69, 9.17) is 4.74 Å². The van der Waals surface area contributed by atoms with Crippen LogP contribution in [0.5, 0.6) is 0 Å². The van der Waals surface area contributed by atoms with Crippen molar-refractivity contribution in [2.24, 2.45) is 0 Å². The fraction of sp³-hybridized carbons (Fsp3) is 0.370. The molecule has 0 aliphatic carbocycles. The molecule has 2 unspecified atom stereocenters. The van der Waals surface area contributed by atoms with Gasteiger partial charge in [0.2, 0.25) is 11.4 Å². The van der Waals surface area contributed by atoms with Crippen LogP contribution in [0.4, 0.5) is 0 Å². The van der Waals surface area contributed by atoms with Gasteiger partial charge in [-0.2, -0.15) is 0 Å². The van der Waals surface area contributed by atoms with E-state index >= 15 is 0 Å². The number of H-pyrrole nitrogens is 1. The van der Waals surface area contributed by atoms with Crippen LogP contribution < -0.4 is 0 Å². The van der Waals surface area contributed by atoms with Crippen LogP contribution in [0.15, 0.2) is 54.6 Å². The van der Waals surface area contributed by atoms with Gasteiger partial charge in [-0.05, 0) is 44.9 Å². The van der Waals surface area contributed by atoms with Crippen LogP contribution in [0.3, 0.4) is 0 Å². The summed E-state index contributed by atoms with van der Waals surface area (Å²) in [5.74, 6) is -2.34. The van der Waals surface area contributed by atoms with Gasteiger partial charge < -0.3 is 19.5 Å². The summed E-state index contributed by atoms with van der Waals surface area (Å²) in [6, 6.07) is 17.2. The summed E-state index contributed by atoms with van der Waals surface area (Å²) in [4.78, 5) is 47.5. The van der Waals surface area contributed by atoms with E-state index in [1.807, 2.05) is 61.5 Å². The summed E-state index contributed by atoms with van der Waals surface area (Å²) in [5, 5.41) is 0.888. The number of nitrogens with one attached hydrogen (secondary N) is 1. The number of likely N-dealkylation sites (N-methyl/N-ethyl adjacent to an activating group) is 2. The van der Waals surface area contributed by atoms with Crippen molar-refractivity contribution in [2.75, 3.05) is 20.6 Å². The predicted molar refractivity (Wildman–Crippen MR) is 130 cm³/mol. The first-order valence-corrected chi connectivity index (χ1v) is 11.4. The van der Waals surface area contributed by atoms with Gasteiger partial charge in [-0.1, -0.05) is 48.5 Å². The molecule has 34 heavy (non-hydrogen) atoms. The van der Waals surface area contributed by atoms with Crippen LogP contribution in [0.2, 0.25) is 0 Å². The van der Waals surface area contributed by atoms with E-state index in [2.05, 4.69) is 4.98 Å². The molecular weight excluding hydrogens is 430 g/mol. The average molecular weight is 462 g/mol. The van der Waals surface area contributed by atoms with E-state index < -0.39 is 28.9 Å². The Morgan fingerprint density at radius 1 is 1.03 bits per heavy atom. The molecule has 1 aromatic heterocycles. The Kier molecular flexibility index (Phi) is 5.75. The van der Waals surface area contributed by atoms with Gasteiger partial charge >= 0.3 is 5.97 Å². The second-order valence-corrected chi connectivity index (χ2v) is 9.94. The molecule has 7 heteroatoms. The first kappa shape index (κ1) is 23.5. The third kappa shape index (κ3) is 3.65. The number of amides is 2. The third-order valence-corrected chi connectivity index (χ3v) is 6.44. The molecule has 7 nitrogen and oxygen atoms in total. The number of aromatic nitrogens is 1. The maximum absolute atomic E-state index is 14.1. The molecule has 1 fully saturated rings. The van der Waals surface area contributed by atoms with Crippen molar-refractivity contribution in [1.82, 2.24) is 14.8 Å². The second-order valence-electron chi connectivity index (χ2n) is 9.94. The minimum Gasteiger partial charge on any atom is -0.458 e. The Labute approximate surface area is 199 Å². The molecule has 0 spiro atoms. The van der Waals surface area contributed by atoms with Crippen LogP contribution in [0, 0.1) is 6.92 Å². The number of fused-ring (bicyclic) bond motifs is 1. The first-order chi connectivity index (χ1) is 16.0. The fourth-order valence-electron chi connectivity index (χ4n) is 4.96. The van der Waals surface area contributed by atoms with E-state index in [1.54, 1.807) is 27.8 Å². The number of hydrogen-bond donors (Lipinski definition) is 1. The Balaban J connectivity index is 2.12. The van der Waals surface area contributed by atoms with E-state index in [9.17, 15) is 14.4 Å². The van der Waals surface area contributed by atoms with Gasteiger partial charge in [0.05, 0.1) is 12.5 Å². The number of carbonyl (C=O) groups is 3. The third-order valence-electron chi connectivity index (χ3n) is 6.44. The minimum absolute atomic E-state index is 0.103. The molecule has 2 aromatic carbocycles. The van der Waals surface area contributed by atoms with Gasteiger partial charge in [0.1, 0.15) is 5.60 Å². The number of aryl methyl sites for hydroxylation is 1. The fourth-order valence-corrected chi connectivity index (χ4v) is 4.96. The zero-order valence-electron chi connectivity index (χ0n) is 20.5. The monoisotopic (exact) mass is 461 g/mol. The smallest absolute Gasteiger partial charge is 0.343 e. The minimum atomic E-state index is -1.92. The number of hydrogen-bond acceptors (Lipinski definition) is 4. The normalized spacial score (nSPS) is 20.1. The summed E-state index contributed by atoms with van der Waals surface area (Å²) in [5.41, 5.74) is 0.455.